The summed E-state index contributed by atoms with van der Waals surface area (Å²) in [5.74, 6) is -0.562. The maximum atomic E-state index is 13.1. The summed E-state index contributed by atoms with van der Waals surface area (Å²) < 4.78 is 36.7. The predicted octanol–water partition coefficient (Wildman–Crippen LogP) is 3.62. The molecule has 2 aromatic rings. The molecule has 0 spiro atoms. The Balaban J connectivity index is 1.70. The molecule has 0 unspecified atom stereocenters. The minimum absolute atomic E-state index is 0.0159. The molecule has 150 valence electrons. The lowest BCUT2D eigenvalue weighted by atomic mass is 10.0. The van der Waals surface area contributed by atoms with Crippen LogP contribution in [0.4, 0.5) is 10.1 Å². The van der Waals surface area contributed by atoms with Gasteiger partial charge in [-0.1, -0.05) is 11.6 Å². The average molecular weight is 425 g/mol. The van der Waals surface area contributed by atoms with Crippen LogP contribution in [0.3, 0.4) is 0 Å². The van der Waals surface area contributed by atoms with E-state index < -0.39 is 9.84 Å². The number of amides is 1. The molecule has 2 aromatic carbocycles. The molecule has 0 bridgehead atoms. The Morgan fingerprint density at radius 3 is 2.32 bits per heavy atom. The highest BCUT2D eigenvalue weighted by molar-refractivity contribution is 7.90. The van der Waals surface area contributed by atoms with E-state index in [1.54, 1.807) is 24.1 Å². The SMILES string of the molecule is CN(C(=O)c1cc(S(C)(=O)=O)ccc1Cl)C1CCN(c2ccc(F)cc2)CC1. The zero-order valence-corrected chi connectivity index (χ0v) is 17.3. The van der Waals surface area contributed by atoms with Crippen molar-refractivity contribution in [2.24, 2.45) is 0 Å². The van der Waals surface area contributed by atoms with Crippen LogP contribution < -0.4 is 4.90 Å². The van der Waals surface area contributed by atoms with Crippen molar-refractivity contribution < 1.29 is 17.6 Å². The van der Waals surface area contributed by atoms with Gasteiger partial charge >= 0.3 is 0 Å². The first kappa shape index (κ1) is 20.6. The van der Waals surface area contributed by atoms with Crippen LogP contribution in [0.25, 0.3) is 0 Å². The first-order valence-corrected chi connectivity index (χ1v) is 11.2. The van der Waals surface area contributed by atoms with Crippen molar-refractivity contribution in [2.45, 2.75) is 23.8 Å². The number of benzene rings is 2. The van der Waals surface area contributed by atoms with Gasteiger partial charge in [0.15, 0.2) is 9.84 Å². The van der Waals surface area contributed by atoms with Gasteiger partial charge in [-0.2, -0.15) is 0 Å². The lowest BCUT2D eigenvalue weighted by Gasteiger charge is -2.38. The van der Waals surface area contributed by atoms with E-state index in [0.717, 1.165) is 37.9 Å². The van der Waals surface area contributed by atoms with Gasteiger partial charge in [-0.15, -0.1) is 0 Å². The van der Waals surface area contributed by atoms with E-state index in [1.165, 1.54) is 30.3 Å². The first-order valence-electron chi connectivity index (χ1n) is 8.94. The van der Waals surface area contributed by atoms with E-state index >= 15 is 0 Å². The van der Waals surface area contributed by atoms with Crippen LogP contribution in [0.1, 0.15) is 23.2 Å². The molecule has 1 aliphatic rings. The molecule has 0 aromatic heterocycles. The normalized spacial score (nSPS) is 15.5. The monoisotopic (exact) mass is 424 g/mol. The van der Waals surface area contributed by atoms with Gasteiger partial charge in [0.1, 0.15) is 5.82 Å². The molecule has 1 saturated heterocycles. The minimum Gasteiger partial charge on any atom is -0.371 e. The van der Waals surface area contributed by atoms with Gasteiger partial charge < -0.3 is 9.80 Å². The number of hydrogen-bond donors (Lipinski definition) is 0. The number of halogens is 2. The summed E-state index contributed by atoms with van der Waals surface area (Å²) >= 11 is 6.16. The summed E-state index contributed by atoms with van der Waals surface area (Å²) in [6, 6.07) is 10.6. The summed E-state index contributed by atoms with van der Waals surface area (Å²) in [5, 5.41) is 0.230. The Morgan fingerprint density at radius 1 is 1.14 bits per heavy atom. The number of carbonyl (C=O) groups is 1. The highest BCUT2D eigenvalue weighted by atomic mass is 35.5. The molecule has 28 heavy (non-hydrogen) atoms. The molecule has 1 fully saturated rings. The number of piperidine rings is 1. The van der Waals surface area contributed by atoms with Crippen molar-refractivity contribution in [3.8, 4) is 0 Å². The van der Waals surface area contributed by atoms with E-state index in [-0.39, 0.29) is 33.2 Å². The topological polar surface area (TPSA) is 57.7 Å². The Morgan fingerprint density at radius 2 is 1.75 bits per heavy atom. The summed E-state index contributed by atoms with van der Waals surface area (Å²) in [5.41, 5.74) is 1.14. The molecule has 1 heterocycles. The third kappa shape index (κ3) is 4.47. The quantitative estimate of drug-likeness (QED) is 0.752. The molecule has 0 aliphatic carbocycles. The smallest absolute Gasteiger partial charge is 0.255 e. The van der Waals surface area contributed by atoms with Crippen LogP contribution in [0.15, 0.2) is 47.4 Å². The van der Waals surface area contributed by atoms with Crippen molar-refractivity contribution in [1.29, 1.82) is 0 Å². The Hall–Kier alpha value is -2.12. The first-order chi connectivity index (χ1) is 13.2. The second-order valence-corrected chi connectivity index (χ2v) is 9.45. The number of carbonyl (C=O) groups excluding carboxylic acids is 1. The van der Waals surface area contributed by atoms with Gasteiger partial charge in [0.25, 0.3) is 5.91 Å². The average Bonchev–Trinajstić information content (AvgIpc) is 2.67. The van der Waals surface area contributed by atoms with E-state index in [0.29, 0.717) is 0 Å². The molecule has 0 atom stereocenters. The number of anilines is 1. The third-order valence-electron chi connectivity index (χ3n) is 5.12. The molecule has 5 nitrogen and oxygen atoms in total. The van der Waals surface area contributed by atoms with E-state index in [1.807, 2.05) is 0 Å². The number of hydrogen-bond acceptors (Lipinski definition) is 4. The summed E-state index contributed by atoms with van der Waals surface area (Å²) in [6.45, 7) is 1.48. The van der Waals surface area contributed by atoms with Gasteiger partial charge in [0.05, 0.1) is 15.5 Å². The van der Waals surface area contributed by atoms with Crippen LogP contribution >= 0.6 is 11.6 Å². The predicted molar refractivity (Wildman–Crippen MR) is 108 cm³/mol. The van der Waals surface area contributed by atoms with E-state index in [9.17, 15) is 17.6 Å². The number of rotatable bonds is 4. The highest BCUT2D eigenvalue weighted by Crippen LogP contribution is 2.26. The molecule has 1 amide bonds. The van der Waals surface area contributed by atoms with Crippen molar-refractivity contribution in [2.75, 3.05) is 31.3 Å². The van der Waals surface area contributed by atoms with Crippen LogP contribution in [-0.4, -0.2) is 51.7 Å². The minimum atomic E-state index is -3.43. The molecule has 0 saturated carbocycles. The van der Waals surface area contributed by atoms with Crippen LogP contribution in [-0.2, 0) is 9.84 Å². The number of nitrogens with zero attached hydrogens (tertiary/aromatic N) is 2. The molecule has 1 aliphatic heterocycles. The van der Waals surface area contributed by atoms with Gasteiger partial charge in [0, 0.05) is 38.1 Å². The van der Waals surface area contributed by atoms with Crippen LogP contribution in [0, 0.1) is 5.82 Å². The second kappa shape index (κ2) is 8.09. The van der Waals surface area contributed by atoms with Gasteiger partial charge in [-0.3, -0.25) is 4.79 Å². The Labute approximate surface area is 169 Å². The summed E-state index contributed by atoms with van der Waals surface area (Å²) in [4.78, 5) is 16.8. The number of sulfone groups is 1. The molecular formula is C20H22ClFN2O3S. The van der Waals surface area contributed by atoms with Crippen molar-refractivity contribution >= 4 is 33.0 Å². The Bertz CT molecular complexity index is 971. The van der Waals surface area contributed by atoms with Crippen LogP contribution in [0.5, 0.6) is 0 Å². The van der Waals surface area contributed by atoms with Crippen molar-refractivity contribution in [1.82, 2.24) is 4.90 Å². The molecule has 0 N–H and O–H groups in total. The van der Waals surface area contributed by atoms with Gasteiger partial charge in [-0.05, 0) is 55.3 Å². The van der Waals surface area contributed by atoms with Gasteiger partial charge in [-0.25, -0.2) is 12.8 Å². The zero-order chi connectivity index (χ0) is 20.5. The highest BCUT2D eigenvalue weighted by Gasteiger charge is 2.27. The van der Waals surface area contributed by atoms with Crippen LogP contribution in [0.2, 0.25) is 5.02 Å². The van der Waals surface area contributed by atoms with E-state index in [2.05, 4.69) is 4.90 Å². The fourth-order valence-corrected chi connectivity index (χ4v) is 4.26. The molecular weight excluding hydrogens is 403 g/mol. The largest absolute Gasteiger partial charge is 0.371 e. The maximum Gasteiger partial charge on any atom is 0.255 e. The van der Waals surface area contributed by atoms with E-state index in [4.69, 9.17) is 11.6 Å². The van der Waals surface area contributed by atoms with Crippen molar-refractivity contribution in [3.63, 3.8) is 0 Å². The standard InChI is InChI=1S/C20H22ClFN2O3S/c1-23(20(25)18-13-17(28(2,26)27)7-8-19(18)21)15-9-11-24(12-10-15)16-5-3-14(22)4-6-16/h3-8,13,15H,9-12H2,1-2H3. The summed E-state index contributed by atoms with van der Waals surface area (Å²) in [7, 11) is -1.72. The molecule has 3 rings (SSSR count). The maximum absolute atomic E-state index is 13.1. The second-order valence-electron chi connectivity index (χ2n) is 7.02. The molecule has 8 heteroatoms. The lowest BCUT2D eigenvalue weighted by molar-refractivity contribution is 0.0709. The fraction of sp³-hybridized carbons (Fsp3) is 0.350. The zero-order valence-electron chi connectivity index (χ0n) is 15.7. The summed E-state index contributed by atoms with van der Waals surface area (Å²) in [6.07, 6.45) is 2.60. The lowest BCUT2D eigenvalue weighted by Crippen LogP contribution is -2.45. The third-order valence-corrected chi connectivity index (χ3v) is 6.56. The Kier molecular flexibility index (Phi) is 5.95. The molecule has 0 radical (unpaired) electrons. The van der Waals surface area contributed by atoms with Crippen molar-refractivity contribution in [3.05, 3.63) is 58.9 Å². The fourth-order valence-electron chi connectivity index (χ4n) is 3.42. The van der Waals surface area contributed by atoms with Gasteiger partial charge in [0.2, 0.25) is 0 Å².